The molecule has 0 atom stereocenters. The van der Waals surface area contributed by atoms with Gasteiger partial charge >= 0.3 is 0 Å². The van der Waals surface area contributed by atoms with Gasteiger partial charge in [0.25, 0.3) is 0 Å². The van der Waals surface area contributed by atoms with Crippen molar-refractivity contribution in [3.63, 3.8) is 0 Å². The largest absolute Gasteiger partial charge is 0.458 e. The van der Waals surface area contributed by atoms with Crippen LogP contribution in [0.3, 0.4) is 0 Å². The molecular formula is C16H21NO2. The third kappa shape index (κ3) is 3.46. The topological polar surface area (TPSA) is 34.4 Å². The van der Waals surface area contributed by atoms with E-state index in [9.17, 15) is 0 Å². The van der Waals surface area contributed by atoms with E-state index in [0.717, 1.165) is 30.9 Å². The monoisotopic (exact) mass is 259 g/mol. The number of hydrogen-bond donors (Lipinski definition) is 1. The lowest BCUT2D eigenvalue weighted by molar-refractivity contribution is 0.132. The third-order valence-electron chi connectivity index (χ3n) is 2.98. The highest BCUT2D eigenvalue weighted by molar-refractivity contribution is 5.82. The third-order valence-corrected chi connectivity index (χ3v) is 2.98. The van der Waals surface area contributed by atoms with Crippen LogP contribution in [0.2, 0.25) is 0 Å². The molecule has 1 N–H and O–H groups in total. The van der Waals surface area contributed by atoms with Gasteiger partial charge in [0.1, 0.15) is 18.0 Å². The summed E-state index contributed by atoms with van der Waals surface area (Å²) in [5.74, 6) is 0.909. The molecule has 0 aliphatic rings. The van der Waals surface area contributed by atoms with Crippen LogP contribution in [0.4, 0.5) is 0 Å². The van der Waals surface area contributed by atoms with Crippen molar-refractivity contribution in [2.75, 3.05) is 13.2 Å². The number of ether oxygens (including phenoxy) is 1. The number of furan rings is 1. The molecule has 1 heterocycles. The Bertz CT molecular complexity index is 531. The summed E-state index contributed by atoms with van der Waals surface area (Å²) in [6.45, 7) is 8.67. The van der Waals surface area contributed by atoms with Crippen LogP contribution < -0.4 is 5.32 Å². The van der Waals surface area contributed by atoms with Crippen molar-refractivity contribution in [1.82, 2.24) is 5.32 Å². The summed E-state index contributed by atoms with van der Waals surface area (Å²) in [6.07, 6.45) is 2.87. The molecule has 2 aromatic rings. The Morgan fingerprint density at radius 2 is 2.21 bits per heavy atom. The Morgan fingerprint density at radius 1 is 1.37 bits per heavy atom. The SMILES string of the molecule is C=CCOCc1oc2ccccc2c1CNCCC. The molecule has 0 saturated heterocycles. The number of nitrogens with one attached hydrogen (secondary N) is 1. The maximum absolute atomic E-state index is 5.88. The van der Waals surface area contributed by atoms with Gasteiger partial charge in [-0.25, -0.2) is 0 Å². The predicted octanol–water partition coefficient (Wildman–Crippen LogP) is 3.64. The fraction of sp³-hybridized carbons (Fsp3) is 0.375. The van der Waals surface area contributed by atoms with Gasteiger partial charge in [0, 0.05) is 17.5 Å². The van der Waals surface area contributed by atoms with Crippen molar-refractivity contribution >= 4 is 11.0 Å². The highest BCUT2D eigenvalue weighted by Gasteiger charge is 2.13. The molecule has 0 unspecified atom stereocenters. The molecule has 102 valence electrons. The van der Waals surface area contributed by atoms with E-state index in [1.807, 2.05) is 18.2 Å². The summed E-state index contributed by atoms with van der Waals surface area (Å²) in [5.41, 5.74) is 2.13. The molecule has 1 aromatic carbocycles. The van der Waals surface area contributed by atoms with Crippen molar-refractivity contribution < 1.29 is 9.15 Å². The fourth-order valence-corrected chi connectivity index (χ4v) is 2.08. The van der Waals surface area contributed by atoms with E-state index in [4.69, 9.17) is 9.15 Å². The van der Waals surface area contributed by atoms with Crippen molar-refractivity contribution in [2.24, 2.45) is 0 Å². The Kier molecular flexibility index (Phi) is 5.19. The molecule has 0 spiro atoms. The highest BCUT2D eigenvalue weighted by atomic mass is 16.5. The molecule has 0 amide bonds. The molecule has 3 nitrogen and oxygen atoms in total. The first-order chi connectivity index (χ1) is 9.36. The predicted molar refractivity (Wildman–Crippen MR) is 78.1 cm³/mol. The van der Waals surface area contributed by atoms with Crippen LogP contribution >= 0.6 is 0 Å². The van der Waals surface area contributed by atoms with Gasteiger partial charge in [-0.3, -0.25) is 0 Å². The maximum Gasteiger partial charge on any atom is 0.135 e. The van der Waals surface area contributed by atoms with E-state index in [0.29, 0.717) is 13.2 Å². The van der Waals surface area contributed by atoms with Crippen LogP contribution in [0.5, 0.6) is 0 Å². The number of fused-ring (bicyclic) bond motifs is 1. The first-order valence-electron chi connectivity index (χ1n) is 6.75. The average molecular weight is 259 g/mol. The molecule has 3 heteroatoms. The Hall–Kier alpha value is -1.58. The summed E-state index contributed by atoms with van der Waals surface area (Å²) < 4.78 is 11.4. The van der Waals surface area contributed by atoms with E-state index < -0.39 is 0 Å². The first-order valence-corrected chi connectivity index (χ1v) is 6.75. The minimum Gasteiger partial charge on any atom is -0.458 e. The van der Waals surface area contributed by atoms with Crippen LogP contribution in [-0.4, -0.2) is 13.2 Å². The highest BCUT2D eigenvalue weighted by Crippen LogP contribution is 2.26. The van der Waals surface area contributed by atoms with Gasteiger partial charge in [-0.05, 0) is 19.0 Å². The van der Waals surface area contributed by atoms with Crippen LogP contribution in [0, 0.1) is 0 Å². The first kappa shape index (κ1) is 13.8. The van der Waals surface area contributed by atoms with Crippen LogP contribution in [0.1, 0.15) is 24.7 Å². The fourth-order valence-electron chi connectivity index (χ4n) is 2.08. The Labute approximate surface area is 114 Å². The standard InChI is InChI=1S/C16H21NO2/c1-3-9-17-11-14-13-7-5-6-8-15(13)19-16(14)12-18-10-4-2/h4-8,17H,2-3,9-12H2,1H3. The smallest absolute Gasteiger partial charge is 0.135 e. The number of rotatable bonds is 8. The van der Waals surface area contributed by atoms with Crippen molar-refractivity contribution in [3.05, 3.63) is 48.2 Å². The summed E-state index contributed by atoms with van der Waals surface area (Å²) in [6, 6.07) is 8.12. The summed E-state index contributed by atoms with van der Waals surface area (Å²) in [7, 11) is 0. The quantitative estimate of drug-likeness (QED) is 0.580. The molecule has 0 bridgehead atoms. The zero-order valence-corrected chi connectivity index (χ0v) is 11.4. The summed E-state index contributed by atoms with van der Waals surface area (Å²) in [4.78, 5) is 0. The lowest BCUT2D eigenvalue weighted by Crippen LogP contribution is -2.14. The summed E-state index contributed by atoms with van der Waals surface area (Å²) in [5, 5.41) is 4.59. The van der Waals surface area contributed by atoms with Gasteiger partial charge in [0.2, 0.25) is 0 Å². The molecular weight excluding hydrogens is 238 g/mol. The van der Waals surface area contributed by atoms with Gasteiger partial charge in [-0.1, -0.05) is 31.2 Å². The zero-order valence-electron chi connectivity index (χ0n) is 11.4. The lowest BCUT2D eigenvalue weighted by Gasteiger charge is -2.05. The van der Waals surface area contributed by atoms with Crippen molar-refractivity contribution in [2.45, 2.75) is 26.5 Å². The zero-order chi connectivity index (χ0) is 13.5. The molecule has 0 saturated carbocycles. The lowest BCUT2D eigenvalue weighted by atomic mass is 10.1. The Balaban J connectivity index is 2.21. The second-order valence-corrected chi connectivity index (χ2v) is 4.48. The molecule has 0 fully saturated rings. The van der Waals surface area contributed by atoms with Gasteiger partial charge < -0.3 is 14.5 Å². The second kappa shape index (κ2) is 7.12. The minimum atomic E-state index is 0.490. The van der Waals surface area contributed by atoms with Crippen LogP contribution in [-0.2, 0) is 17.9 Å². The molecule has 1 aromatic heterocycles. The average Bonchev–Trinajstić information content (AvgIpc) is 2.78. The van der Waals surface area contributed by atoms with E-state index in [2.05, 4.69) is 24.9 Å². The van der Waals surface area contributed by atoms with E-state index in [1.54, 1.807) is 6.08 Å². The van der Waals surface area contributed by atoms with E-state index in [-0.39, 0.29) is 0 Å². The number of para-hydroxylation sites is 1. The van der Waals surface area contributed by atoms with Crippen LogP contribution in [0.25, 0.3) is 11.0 Å². The van der Waals surface area contributed by atoms with Gasteiger partial charge in [0.05, 0.1) is 6.61 Å². The number of hydrogen-bond acceptors (Lipinski definition) is 3. The van der Waals surface area contributed by atoms with Gasteiger partial charge in [0.15, 0.2) is 0 Å². The number of benzene rings is 1. The Morgan fingerprint density at radius 3 is 3.00 bits per heavy atom. The maximum atomic E-state index is 5.88. The summed E-state index contributed by atoms with van der Waals surface area (Å²) >= 11 is 0. The van der Waals surface area contributed by atoms with Crippen LogP contribution in [0.15, 0.2) is 41.3 Å². The molecule has 2 rings (SSSR count). The van der Waals surface area contributed by atoms with Crippen molar-refractivity contribution in [3.8, 4) is 0 Å². The van der Waals surface area contributed by atoms with Gasteiger partial charge in [-0.15, -0.1) is 6.58 Å². The normalized spacial score (nSPS) is 11.0. The van der Waals surface area contributed by atoms with Gasteiger partial charge in [-0.2, -0.15) is 0 Å². The second-order valence-electron chi connectivity index (χ2n) is 4.48. The molecule has 19 heavy (non-hydrogen) atoms. The van der Waals surface area contributed by atoms with Crippen molar-refractivity contribution in [1.29, 1.82) is 0 Å². The molecule has 0 radical (unpaired) electrons. The molecule has 0 aliphatic carbocycles. The minimum absolute atomic E-state index is 0.490. The molecule has 0 aliphatic heterocycles. The van der Waals surface area contributed by atoms with E-state index >= 15 is 0 Å². The van der Waals surface area contributed by atoms with E-state index in [1.165, 1.54) is 10.9 Å².